The highest BCUT2D eigenvalue weighted by molar-refractivity contribution is 7.14. The highest BCUT2D eigenvalue weighted by atomic mass is 32.1. The Labute approximate surface area is 166 Å². The lowest BCUT2D eigenvalue weighted by atomic mass is 10.1. The van der Waals surface area contributed by atoms with Crippen molar-refractivity contribution in [2.45, 2.75) is 32.7 Å². The fourth-order valence-corrected chi connectivity index (χ4v) is 3.95. The van der Waals surface area contributed by atoms with Gasteiger partial charge in [0.05, 0.1) is 11.5 Å². The standard InChI is InChI=1S/C21H30N4OS/c1-3-22-21(23-12-15-26-19-8-6-17(2)7-9-19)24-18-10-13-25(14-11-18)20-5-4-16-27-20/h4-9,16,18H,3,10-15H2,1-2H3,(H2,22,23,24). The molecule has 0 unspecified atom stereocenters. The van der Waals surface area contributed by atoms with Crippen LogP contribution in [0.3, 0.4) is 0 Å². The van der Waals surface area contributed by atoms with E-state index in [1.54, 1.807) is 0 Å². The van der Waals surface area contributed by atoms with Crippen molar-refractivity contribution >= 4 is 22.3 Å². The topological polar surface area (TPSA) is 48.9 Å². The normalized spacial score (nSPS) is 15.6. The first kappa shape index (κ1) is 19.5. The molecule has 2 N–H and O–H groups in total. The number of hydrogen-bond donors (Lipinski definition) is 2. The minimum atomic E-state index is 0.469. The van der Waals surface area contributed by atoms with Gasteiger partial charge < -0.3 is 20.3 Å². The molecular weight excluding hydrogens is 356 g/mol. The number of hydrogen-bond acceptors (Lipinski definition) is 4. The maximum Gasteiger partial charge on any atom is 0.191 e. The monoisotopic (exact) mass is 386 g/mol. The Hall–Kier alpha value is -2.21. The van der Waals surface area contributed by atoms with E-state index in [1.165, 1.54) is 10.6 Å². The molecule has 1 aromatic carbocycles. The summed E-state index contributed by atoms with van der Waals surface area (Å²) in [4.78, 5) is 7.14. The van der Waals surface area contributed by atoms with Crippen molar-refractivity contribution in [2.75, 3.05) is 37.7 Å². The van der Waals surface area contributed by atoms with Crippen LogP contribution in [0.25, 0.3) is 0 Å². The second-order valence-corrected chi connectivity index (χ2v) is 7.71. The SMILES string of the molecule is CCNC(=NCCOc1ccc(C)cc1)NC1CCN(c2cccs2)CC1. The number of nitrogens with one attached hydrogen (secondary N) is 2. The molecule has 1 aliphatic heterocycles. The van der Waals surface area contributed by atoms with Gasteiger partial charge in [0.15, 0.2) is 5.96 Å². The third-order valence-electron chi connectivity index (χ3n) is 4.65. The first-order chi connectivity index (χ1) is 13.2. The Balaban J connectivity index is 1.43. The summed E-state index contributed by atoms with van der Waals surface area (Å²) in [5.74, 6) is 1.79. The number of guanidine groups is 1. The zero-order valence-electron chi connectivity index (χ0n) is 16.3. The number of aryl methyl sites for hydroxylation is 1. The molecule has 2 heterocycles. The lowest BCUT2D eigenvalue weighted by Gasteiger charge is -2.33. The van der Waals surface area contributed by atoms with E-state index in [-0.39, 0.29) is 0 Å². The summed E-state index contributed by atoms with van der Waals surface area (Å²) in [5, 5.41) is 10.5. The van der Waals surface area contributed by atoms with Gasteiger partial charge in [-0.3, -0.25) is 0 Å². The molecule has 0 amide bonds. The number of aliphatic imine (C=N–C) groups is 1. The fourth-order valence-electron chi connectivity index (χ4n) is 3.16. The van der Waals surface area contributed by atoms with Crippen molar-refractivity contribution in [1.29, 1.82) is 0 Å². The van der Waals surface area contributed by atoms with Crippen molar-refractivity contribution in [2.24, 2.45) is 4.99 Å². The van der Waals surface area contributed by atoms with Gasteiger partial charge in [-0.1, -0.05) is 17.7 Å². The molecule has 0 spiro atoms. The average Bonchev–Trinajstić information content (AvgIpc) is 3.22. The van der Waals surface area contributed by atoms with Crippen LogP contribution in [0.5, 0.6) is 5.75 Å². The van der Waals surface area contributed by atoms with Gasteiger partial charge in [0.1, 0.15) is 12.4 Å². The Kier molecular flexibility index (Phi) is 7.39. The van der Waals surface area contributed by atoms with Crippen LogP contribution < -0.4 is 20.3 Å². The zero-order valence-corrected chi connectivity index (χ0v) is 17.1. The van der Waals surface area contributed by atoms with E-state index < -0.39 is 0 Å². The van der Waals surface area contributed by atoms with Crippen molar-refractivity contribution in [3.8, 4) is 5.75 Å². The van der Waals surface area contributed by atoms with Crippen LogP contribution in [-0.4, -0.2) is 44.8 Å². The molecule has 1 aromatic heterocycles. The van der Waals surface area contributed by atoms with Gasteiger partial charge in [-0.2, -0.15) is 0 Å². The summed E-state index contributed by atoms with van der Waals surface area (Å²) in [6.07, 6.45) is 2.25. The van der Waals surface area contributed by atoms with Gasteiger partial charge in [0, 0.05) is 25.7 Å². The van der Waals surface area contributed by atoms with Crippen LogP contribution in [0.2, 0.25) is 0 Å². The Morgan fingerprint density at radius 2 is 2.00 bits per heavy atom. The molecule has 1 fully saturated rings. The zero-order chi connectivity index (χ0) is 18.9. The maximum atomic E-state index is 5.77. The van der Waals surface area contributed by atoms with Gasteiger partial charge in [-0.25, -0.2) is 4.99 Å². The predicted octanol–water partition coefficient (Wildman–Crippen LogP) is 3.66. The summed E-state index contributed by atoms with van der Waals surface area (Å²) in [5.41, 5.74) is 1.24. The second-order valence-electron chi connectivity index (χ2n) is 6.78. The summed E-state index contributed by atoms with van der Waals surface area (Å²) in [6.45, 7) is 8.43. The van der Waals surface area contributed by atoms with E-state index >= 15 is 0 Å². The third-order valence-corrected chi connectivity index (χ3v) is 5.58. The number of rotatable bonds is 7. The van der Waals surface area contributed by atoms with E-state index in [1.807, 2.05) is 23.5 Å². The smallest absolute Gasteiger partial charge is 0.191 e. The van der Waals surface area contributed by atoms with Crippen LogP contribution in [-0.2, 0) is 0 Å². The minimum Gasteiger partial charge on any atom is -0.492 e. The summed E-state index contributed by atoms with van der Waals surface area (Å²) < 4.78 is 5.77. The molecule has 0 saturated carbocycles. The van der Waals surface area contributed by atoms with E-state index in [0.29, 0.717) is 19.2 Å². The first-order valence-corrected chi connectivity index (χ1v) is 10.7. The highest BCUT2D eigenvalue weighted by Crippen LogP contribution is 2.24. The van der Waals surface area contributed by atoms with Crippen molar-refractivity contribution < 1.29 is 4.74 Å². The maximum absolute atomic E-state index is 5.77. The largest absolute Gasteiger partial charge is 0.492 e. The number of nitrogens with zero attached hydrogens (tertiary/aromatic N) is 2. The molecular formula is C21H30N4OS. The molecule has 27 heavy (non-hydrogen) atoms. The molecule has 0 bridgehead atoms. The van der Waals surface area contributed by atoms with E-state index in [2.05, 4.69) is 64.0 Å². The number of benzene rings is 1. The van der Waals surface area contributed by atoms with Gasteiger partial charge in [-0.15, -0.1) is 11.3 Å². The number of thiophene rings is 1. The fraction of sp³-hybridized carbons (Fsp3) is 0.476. The molecule has 1 aliphatic rings. The van der Waals surface area contributed by atoms with Crippen LogP contribution in [0.4, 0.5) is 5.00 Å². The number of piperidine rings is 1. The van der Waals surface area contributed by atoms with Crippen LogP contribution in [0, 0.1) is 6.92 Å². The highest BCUT2D eigenvalue weighted by Gasteiger charge is 2.20. The number of ether oxygens (including phenoxy) is 1. The summed E-state index contributed by atoms with van der Waals surface area (Å²) in [7, 11) is 0. The van der Waals surface area contributed by atoms with Gasteiger partial charge >= 0.3 is 0 Å². The lowest BCUT2D eigenvalue weighted by Crippen LogP contribution is -2.48. The molecule has 6 heteroatoms. The van der Waals surface area contributed by atoms with Crippen molar-refractivity contribution in [1.82, 2.24) is 10.6 Å². The molecule has 3 rings (SSSR count). The molecule has 2 aromatic rings. The first-order valence-electron chi connectivity index (χ1n) is 9.77. The lowest BCUT2D eigenvalue weighted by molar-refractivity contribution is 0.328. The summed E-state index contributed by atoms with van der Waals surface area (Å²) >= 11 is 1.82. The van der Waals surface area contributed by atoms with Crippen LogP contribution in [0.1, 0.15) is 25.3 Å². The van der Waals surface area contributed by atoms with Gasteiger partial charge in [-0.05, 0) is 56.3 Å². The Morgan fingerprint density at radius 1 is 1.22 bits per heavy atom. The predicted molar refractivity (Wildman–Crippen MR) is 115 cm³/mol. The van der Waals surface area contributed by atoms with Crippen molar-refractivity contribution in [3.05, 3.63) is 47.3 Å². The Morgan fingerprint density at radius 3 is 2.67 bits per heavy atom. The van der Waals surface area contributed by atoms with E-state index in [0.717, 1.165) is 44.2 Å². The minimum absolute atomic E-state index is 0.469. The van der Waals surface area contributed by atoms with Crippen LogP contribution >= 0.6 is 11.3 Å². The molecule has 0 atom stereocenters. The Bertz CT molecular complexity index is 691. The van der Waals surface area contributed by atoms with Gasteiger partial charge in [0.25, 0.3) is 0 Å². The summed E-state index contributed by atoms with van der Waals surface area (Å²) in [6, 6.07) is 12.9. The molecule has 0 aliphatic carbocycles. The van der Waals surface area contributed by atoms with Crippen molar-refractivity contribution in [3.63, 3.8) is 0 Å². The van der Waals surface area contributed by atoms with E-state index in [4.69, 9.17) is 4.74 Å². The second kappa shape index (κ2) is 10.2. The van der Waals surface area contributed by atoms with Gasteiger partial charge in [0.2, 0.25) is 0 Å². The molecule has 146 valence electrons. The molecule has 1 saturated heterocycles. The quantitative estimate of drug-likeness (QED) is 0.433. The molecule has 5 nitrogen and oxygen atoms in total. The number of anilines is 1. The third kappa shape index (κ3) is 6.17. The van der Waals surface area contributed by atoms with Crippen LogP contribution in [0.15, 0.2) is 46.8 Å². The average molecular weight is 387 g/mol. The molecule has 0 radical (unpaired) electrons. The van der Waals surface area contributed by atoms with E-state index in [9.17, 15) is 0 Å².